The lowest BCUT2D eigenvalue weighted by atomic mass is 10.1. The van der Waals surface area contributed by atoms with E-state index in [2.05, 4.69) is 4.90 Å². The van der Waals surface area contributed by atoms with Crippen molar-refractivity contribution in [2.45, 2.75) is 52.4 Å². The minimum Gasteiger partial charge on any atom is -0.444 e. The Morgan fingerprint density at radius 2 is 1.94 bits per heavy atom. The number of carbonyl (C=O) groups is 1. The summed E-state index contributed by atoms with van der Waals surface area (Å²) in [6.45, 7) is 9.99. The normalized spacial score (nSPS) is 18.4. The molecular formula is C22H27N5O5. The first-order valence-corrected chi connectivity index (χ1v) is 10.6. The second-order valence-electron chi connectivity index (χ2n) is 9.06. The van der Waals surface area contributed by atoms with Gasteiger partial charge in [-0.15, -0.1) is 0 Å². The first-order valence-electron chi connectivity index (χ1n) is 10.6. The third-order valence-electron chi connectivity index (χ3n) is 5.40. The standard InChI is InChI=1S/C22H27N5O5/c1-14-13-31-10-9-26(14)20-23-18-12-25(21(28)32-22(2,3)4)11-17(18)19(24-20)15-5-7-16(8-6-15)27(29)30/h5-8,14H,9-13H2,1-4H3. The molecule has 0 radical (unpaired) electrons. The van der Waals surface area contributed by atoms with Crippen molar-refractivity contribution in [2.24, 2.45) is 0 Å². The Bertz CT molecular complexity index is 1030. The highest BCUT2D eigenvalue weighted by Crippen LogP contribution is 2.34. The van der Waals surface area contributed by atoms with E-state index in [-0.39, 0.29) is 11.7 Å². The van der Waals surface area contributed by atoms with Crippen LogP contribution in [0.5, 0.6) is 0 Å². The largest absolute Gasteiger partial charge is 0.444 e. The number of carbonyl (C=O) groups excluding carboxylic acids is 1. The minimum absolute atomic E-state index is 0.0110. The molecule has 1 saturated heterocycles. The first kappa shape index (κ1) is 21.9. The molecule has 0 aliphatic carbocycles. The quantitative estimate of drug-likeness (QED) is 0.525. The summed E-state index contributed by atoms with van der Waals surface area (Å²) in [4.78, 5) is 36.7. The molecule has 1 fully saturated rings. The Labute approximate surface area is 186 Å². The fourth-order valence-corrected chi connectivity index (χ4v) is 3.83. The zero-order valence-electron chi connectivity index (χ0n) is 18.7. The van der Waals surface area contributed by atoms with Crippen molar-refractivity contribution >= 4 is 17.7 Å². The zero-order valence-corrected chi connectivity index (χ0v) is 18.7. The molecule has 1 atom stereocenters. The molecule has 1 aromatic heterocycles. The summed E-state index contributed by atoms with van der Waals surface area (Å²) >= 11 is 0. The van der Waals surface area contributed by atoms with Crippen molar-refractivity contribution in [3.63, 3.8) is 0 Å². The number of rotatable bonds is 3. The summed E-state index contributed by atoms with van der Waals surface area (Å²) in [5, 5.41) is 11.1. The lowest BCUT2D eigenvalue weighted by Crippen LogP contribution is -2.44. The number of nitro groups is 1. The number of morpholine rings is 1. The second kappa shape index (κ2) is 8.34. The average molecular weight is 441 g/mol. The third-order valence-corrected chi connectivity index (χ3v) is 5.40. The van der Waals surface area contributed by atoms with E-state index in [0.717, 1.165) is 16.8 Å². The Hall–Kier alpha value is -3.27. The van der Waals surface area contributed by atoms with Gasteiger partial charge in [0.05, 0.1) is 48.7 Å². The lowest BCUT2D eigenvalue weighted by Gasteiger charge is -2.33. The summed E-state index contributed by atoms with van der Waals surface area (Å²) < 4.78 is 11.1. The molecule has 0 bridgehead atoms. The number of hydrogen-bond acceptors (Lipinski definition) is 8. The maximum Gasteiger partial charge on any atom is 0.410 e. The highest BCUT2D eigenvalue weighted by atomic mass is 16.6. The molecular weight excluding hydrogens is 414 g/mol. The van der Waals surface area contributed by atoms with Crippen LogP contribution in [0, 0.1) is 10.1 Å². The number of amides is 1. The number of ether oxygens (including phenoxy) is 2. The van der Waals surface area contributed by atoms with Crippen LogP contribution in [0.2, 0.25) is 0 Å². The number of anilines is 1. The number of aromatic nitrogens is 2. The van der Waals surface area contributed by atoms with E-state index in [1.807, 2.05) is 27.7 Å². The van der Waals surface area contributed by atoms with E-state index in [0.29, 0.717) is 44.5 Å². The van der Waals surface area contributed by atoms with Crippen molar-refractivity contribution in [1.82, 2.24) is 14.9 Å². The molecule has 2 aromatic rings. The van der Waals surface area contributed by atoms with Gasteiger partial charge in [0.25, 0.3) is 5.69 Å². The van der Waals surface area contributed by atoms with Gasteiger partial charge in [-0.3, -0.25) is 15.0 Å². The van der Waals surface area contributed by atoms with E-state index in [9.17, 15) is 14.9 Å². The van der Waals surface area contributed by atoms with Crippen LogP contribution in [0.3, 0.4) is 0 Å². The molecule has 2 aliphatic rings. The summed E-state index contributed by atoms with van der Waals surface area (Å²) in [5.74, 6) is 0.568. The van der Waals surface area contributed by atoms with Crippen LogP contribution in [0.1, 0.15) is 39.0 Å². The molecule has 170 valence electrons. The highest BCUT2D eigenvalue weighted by molar-refractivity contribution is 5.73. The van der Waals surface area contributed by atoms with E-state index in [1.54, 1.807) is 17.0 Å². The van der Waals surface area contributed by atoms with Crippen LogP contribution in [0.15, 0.2) is 24.3 Å². The molecule has 1 aromatic carbocycles. The van der Waals surface area contributed by atoms with Crippen molar-refractivity contribution in [3.8, 4) is 11.3 Å². The van der Waals surface area contributed by atoms with Gasteiger partial charge < -0.3 is 14.4 Å². The van der Waals surface area contributed by atoms with E-state index >= 15 is 0 Å². The zero-order chi connectivity index (χ0) is 23.0. The van der Waals surface area contributed by atoms with Gasteiger partial charge in [-0.2, -0.15) is 0 Å². The fourth-order valence-electron chi connectivity index (χ4n) is 3.83. The summed E-state index contributed by atoms with van der Waals surface area (Å²) in [6, 6.07) is 6.39. The van der Waals surface area contributed by atoms with Gasteiger partial charge >= 0.3 is 6.09 Å². The number of nitrogens with zero attached hydrogens (tertiary/aromatic N) is 5. The number of hydrogen-bond donors (Lipinski definition) is 0. The minimum atomic E-state index is -0.604. The van der Waals surface area contributed by atoms with Crippen LogP contribution in [-0.2, 0) is 22.6 Å². The van der Waals surface area contributed by atoms with Gasteiger partial charge in [0, 0.05) is 29.8 Å². The van der Waals surface area contributed by atoms with Gasteiger partial charge in [-0.05, 0) is 39.8 Å². The molecule has 10 heteroatoms. The van der Waals surface area contributed by atoms with Crippen LogP contribution in [0.25, 0.3) is 11.3 Å². The monoisotopic (exact) mass is 441 g/mol. The van der Waals surface area contributed by atoms with Crippen LogP contribution >= 0.6 is 0 Å². The first-order chi connectivity index (χ1) is 15.1. The fraction of sp³-hybridized carbons (Fsp3) is 0.500. The van der Waals surface area contributed by atoms with Crippen LogP contribution in [-0.4, -0.2) is 57.3 Å². The molecule has 0 spiro atoms. The summed E-state index contributed by atoms with van der Waals surface area (Å²) in [6.07, 6.45) is -0.411. The van der Waals surface area contributed by atoms with Gasteiger partial charge in [-0.25, -0.2) is 14.8 Å². The molecule has 0 N–H and O–H groups in total. The maximum atomic E-state index is 12.7. The number of nitro benzene ring substituents is 1. The maximum absolute atomic E-state index is 12.7. The van der Waals surface area contributed by atoms with Crippen molar-refractivity contribution in [1.29, 1.82) is 0 Å². The van der Waals surface area contributed by atoms with E-state index in [4.69, 9.17) is 19.4 Å². The number of fused-ring (bicyclic) bond motifs is 1. The Balaban J connectivity index is 1.73. The van der Waals surface area contributed by atoms with Gasteiger partial charge in [0.15, 0.2) is 0 Å². The molecule has 0 saturated carbocycles. The molecule has 1 unspecified atom stereocenters. The van der Waals surface area contributed by atoms with Gasteiger partial charge in [0.2, 0.25) is 5.95 Å². The smallest absolute Gasteiger partial charge is 0.410 e. The molecule has 3 heterocycles. The second-order valence-corrected chi connectivity index (χ2v) is 9.06. The van der Waals surface area contributed by atoms with Crippen molar-refractivity contribution in [3.05, 3.63) is 45.6 Å². The van der Waals surface area contributed by atoms with Gasteiger partial charge in [0.1, 0.15) is 5.60 Å². The van der Waals surface area contributed by atoms with E-state index < -0.39 is 16.6 Å². The van der Waals surface area contributed by atoms with Crippen molar-refractivity contribution < 1.29 is 19.2 Å². The Kier molecular flexibility index (Phi) is 5.72. The number of non-ortho nitro benzene ring substituents is 1. The topological polar surface area (TPSA) is 111 Å². The third kappa shape index (κ3) is 4.50. The Morgan fingerprint density at radius 3 is 2.56 bits per heavy atom. The molecule has 1 amide bonds. The lowest BCUT2D eigenvalue weighted by molar-refractivity contribution is -0.384. The van der Waals surface area contributed by atoms with Crippen molar-refractivity contribution in [2.75, 3.05) is 24.7 Å². The van der Waals surface area contributed by atoms with Crippen LogP contribution in [0.4, 0.5) is 16.4 Å². The average Bonchev–Trinajstić information content (AvgIpc) is 3.17. The molecule has 32 heavy (non-hydrogen) atoms. The highest BCUT2D eigenvalue weighted by Gasteiger charge is 2.33. The van der Waals surface area contributed by atoms with Crippen LogP contribution < -0.4 is 4.90 Å². The predicted octanol–water partition coefficient (Wildman–Crippen LogP) is 3.53. The molecule has 10 nitrogen and oxygen atoms in total. The Morgan fingerprint density at radius 1 is 1.22 bits per heavy atom. The predicted molar refractivity (Wildman–Crippen MR) is 117 cm³/mol. The summed E-state index contributed by atoms with van der Waals surface area (Å²) in [7, 11) is 0. The SMILES string of the molecule is CC1COCCN1c1nc2c(c(-c3ccc([N+](=O)[O-])cc3)n1)CN(C(=O)OC(C)(C)C)C2. The van der Waals surface area contributed by atoms with Gasteiger partial charge in [-0.1, -0.05) is 0 Å². The van der Waals surface area contributed by atoms with E-state index in [1.165, 1.54) is 12.1 Å². The number of benzene rings is 1. The summed E-state index contributed by atoms with van der Waals surface area (Å²) in [5.41, 5.74) is 2.40. The molecule has 4 rings (SSSR count). The molecule has 2 aliphatic heterocycles.